The van der Waals surface area contributed by atoms with E-state index in [2.05, 4.69) is 0 Å². The van der Waals surface area contributed by atoms with Crippen molar-refractivity contribution in [2.75, 3.05) is 6.61 Å². The van der Waals surface area contributed by atoms with Gasteiger partial charge < -0.3 is 9.84 Å². The fourth-order valence-electron chi connectivity index (χ4n) is 3.60. The maximum absolute atomic E-state index is 13.9. The summed E-state index contributed by atoms with van der Waals surface area (Å²) >= 11 is 6.27. The first-order valence-corrected chi connectivity index (χ1v) is 10.4. The molecule has 2 aromatic carbocycles. The molecule has 33 heavy (non-hydrogen) atoms. The number of aromatic nitrogens is 2. The van der Waals surface area contributed by atoms with Gasteiger partial charge >= 0.3 is 0 Å². The van der Waals surface area contributed by atoms with Gasteiger partial charge in [0.1, 0.15) is 29.0 Å². The highest BCUT2D eigenvalue weighted by atomic mass is 35.5. The summed E-state index contributed by atoms with van der Waals surface area (Å²) in [5.41, 5.74) is 1.31. The van der Waals surface area contributed by atoms with E-state index in [1.807, 2.05) is 0 Å². The van der Waals surface area contributed by atoms with E-state index in [1.165, 1.54) is 15.2 Å². The topological polar surface area (TPSA) is 73.5 Å². The number of carbonyl (C=O) groups excluding carboxylic acids is 1. The number of benzene rings is 2. The number of fused-ring (bicyclic) bond motifs is 1. The number of ether oxygens (including phenoxy) is 1. The molecule has 0 aliphatic carbocycles. The van der Waals surface area contributed by atoms with E-state index in [9.17, 15) is 18.4 Å². The van der Waals surface area contributed by atoms with Crippen LogP contribution in [0.4, 0.5) is 8.78 Å². The van der Waals surface area contributed by atoms with Gasteiger partial charge in [-0.05, 0) is 43.3 Å². The predicted octanol–water partition coefficient (Wildman–Crippen LogP) is 4.63. The van der Waals surface area contributed by atoms with Crippen LogP contribution < -0.4 is 10.3 Å². The van der Waals surface area contributed by atoms with E-state index in [-0.39, 0.29) is 41.9 Å². The number of nitrogens with zero attached hydrogens (tertiary/aromatic N) is 2. The molecule has 2 aromatic heterocycles. The number of hydrogen-bond donors (Lipinski definition) is 1. The normalized spacial score (nSPS) is 11.2. The fourth-order valence-corrected chi connectivity index (χ4v) is 3.80. The highest BCUT2D eigenvalue weighted by Crippen LogP contribution is 2.26. The number of aliphatic hydroxyl groups excluding tert-OH is 1. The Morgan fingerprint density at radius 3 is 2.64 bits per heavy atom. The molecular formula is C24H19ClF2N2O4. The molecule has 4 aromatic rings. The van der Waals surface area contributed by atoms with Crippen LogP contribution >= 0.6 is 11.6 Å². The second kappa shape index (κ2) is 9.17. The summed E-state index contributed by atoms with van der Waals surface area (Å²) in [4.78, 5) is 25.1. The Bertz CT molecular complexity index is 1430. The van der Waals surface area contributed by atoms with Crippen molar-refractivity contribution in [1.29, 1.82) is 0 Å². The Hall–Kier alpha value is -3.49. The van der Waals surface area contributed by atoms with Crippen LogP contribution in [0.2, 0.25) is 5.02 Å². The van der Waals surface area contributed by atoms with Crippen LogP contribution in [0.1, 0.15) is 22.5 Å². The van der Waals surface area contributed by atoms with Gasteiger partial charge in [0.25, 0.3) is 5.56 Å². The number of hydrogen-bond acceptors (Lipinski definition) is 4. The van der Waals surface area contributed by atoms with Gasteiger partial charge in [-0.25, -0.2) is 8.78 Å². The third-order valence-electron chi connectivity index (χ3n) is 5.22. The van der Waals surface area contributed by atoms with Crippen molar-refractivity contribution in [2.45, 2.75) is 20.0 Å². The monoisotopic (exact) mass is 472 g/mol. The van der Waals surface area contributed by atoms with Gasteiger partial charge in [-0.15, -0.1) is 0 Å². The second-order valence-corrected chi connectivity index (χ2v) is 7.80. The molecule has 0 aliphatic heterocycles. The van der Waals surface area contributed by atoms with Crippen molar-refractivity contribution < 1.29 is 23.4 Å². The minimum Gasteiger partial charge on any atom is -0.487 e. The Morgan fingerprint density at radius 1 is 1.12 bits per heavy atom. The summed E-state index contributed by atoms with van der Waals surface area (Å²) in [5, 5.41) is 9.56. The van der Waals surface area contributed by atoms with Crippen molar-refractivity contribution in [3.8, 4) is 11.4 Å². The van der Waals surface area contributed by atoms with E-state index in [0.29, 0.717) is 16.9 Å². The van der Waals surface area contributed by atoms with Gasteiger partial charge in [0.15, 0.2) is 0 Å². The molecule has 0 fully saturated rings. The van der Waals surface area contributed by atoms with Crippen LogP contribution in [0.3, 0.4) is 0 Å². The molecule has 0 saturated heterocycles. The van der Waals surface area contributed by atoms with E-state index >= 15 is 0 Å². The van der Waals surface area contributed by atoms with Crippen LogP contribution in [-0.4, -0.2) is 26.8 Å². The van der Waals surface area contributed by atoms with Crippen LogP contribution in [0, 0.1) is 18.6 Å². The summed E-state index contributed by atoms with van der Waals surface area (Å²) in [6.07, 6.45) is 1.61. The molecule has 0 saturated carbocycles. The van der Waals surface area contributed by atoms with Gasteiger partial charge in [-0.3, -0.25) is 18.7 Å². The standard InChI is InChI=1S/C24H19ClF2N2O4/c1-14-10-21(33-13-16-2-3-17(26)12-19(16)27)23(25)24(32)29(14)18-4-5-20-15(11-18)6-8-28(20)22(31)7-9-30/h2-6,8,10-12,30H,7,9,13H2,1H3. The third kappa shape index (κ3) is 4.40. The Labute approximate surface area is 192 Å². The van der Waals surface area contributed by atoms with E-state index < -0.39 is 17.2 Å². The summed E-state index contributed by atoms with van der Waals surface area (Å²) in [7, 11) is 0. The molecule has 0 bridgehead atoms. The predicted molar refractivity (Wildman–Crippen MR) is 120 cm³/mol. The zero-order chi connectivity index (χ0) is 23.7. The first-order valence-electron chi connectivity index (χ1n) is 10.0. The first kappa shape index (κ1) is 22.7. The Balaban J connectivity index is 1.66. The average molecular weight is 473 g/mol. The number of rotatable bonds is 6. The summed E-state index contributed by atoms with van der Waals surface area (Å²) in [6, 6.07) is 11.6. The molecule has 4 rings (SSSR count). The maximum atomic E-state index is 13.9. The largest absolute Gasteiger partial charge is 0.487 e. The van der Waals surface area contributed by atoms with E-state index in [1.54, 1.807) is 43.5 Å². The second-order valence-electron chi connectivity index (χ2n) is 7.43. The number of carbonyl (C=O) groups is 1. The first-order chi connectivity index (χ1) is 15.8. The van der Waals surface area contributed by atoms with Crippen LogP contribution in [-0.2, 0) is 6.61 Å². The van der Waals surface area contributed by atoms with Crippen molar-refractivity contribution in [1.82, 2.24) is 9.13 Å². The zero-order valence-electron chi connectivity index (χ0n) is 17.5. The number of halogens is 3. The lowest BCUT2D eigenvalue weighted by Crippen LogP contribution is -2.22. The Morgan fingerprint density at radius 2 is 1.91 bits per heavy atom. The van der Waals surface area contributed by atoms with Gasteiger partial charge in [-0.1, -0.05) is 11.6 Å². The smallest absolute Gasteiger partial charge is 0.277 e. The van der Waals surface area contributed by atoms with Crippen molar-refractivity contribution in [2.24, 2.45) is 0 Å². The number of aliphatic hydroxyl groups is 1. The van der Waals surface area contributed by atoms with Gasteiger partial charge in [-0.2, -0.15) is 0 Å². The van der Waals surface area contributed by atoms with Crippen molar-refractivity contribution in [3.63, 3.8) is 0 Å². The lowest BCUT2D eigenvalue weighted by molar-refractivity contribution is 0.0881. The molecule has 0 amide bonds. The quantitative estimate of drug-likeness (QED) is 0.444. The number of pyridine rings is 1. The molecule has 0 atom stereocenters. The minimum absolute atomic E-state index is 0.00297. The van der Waals surface area contributed by atoms with E-state index in [4.69, 9.17) is 21.4 Å². The van der Waals surface area contributed by atoms with Crippen LogP contribution in [0.5, 0.6) is 5.75 Å². The molecule has 9 heteroatoms. The third-order valence-corrected chi connectivity index (χ3v) is 5.57. The molecule has 2 heterocycles. The molecular weight excluding hydrogens is 454 g/mol. The molecule has 0 unspecified atom stereocenters. The van der Waals surface area contributed by atoms with Gasteiger partial charge in [0.2, 0.25) is 5.91 Å². The average Bonchev–Trinajstić information content (AvgIpc) is 3.20. The molecule has 0 spiro atoms. The summed E-state index contributed by atoms with van der Waals surface area (Å²) < 4.78 is 35.4. The molecule has 1 N–H and O–H groups in total. The van der Waals surface area contributed by atoms with Gasteiger partial charge in [0, 0.05) is 40.7 Å². The molecule has 6 nitrogen and oxygen atoms in total. The van der Waals surface area contributed by atoms with Crippen molar-refractivity contribution in [3.05, 3.63) is 93.0 Å². The highest BCUT2D eigenvalue weighted by Gasteiger charge is 2.16. The number of aryl methyl sites for hydroxylation is 1. The Kier molecular flexibility index (Phi) is 6.31. The van der Waals surface area contributed by atoms with E-state index in [0.717, 1.165) is 17.5 Å². The summed E-state index contributed by atoms with van der Waals surface area (Å²) in [6.45, 7) is 1.23. The molecule has 170 valence electrons. The SMILES string of the molecule is Cc1cc(OCc2ccc(F)cc2F)c(Cl)c(=O)n1-c1ccc2c(ccn2C(=O)CCO)c1. The van der Waals surface area contributed by atoms with Crippen molar-refractivity contribution >= 4 is 28.4 Å². The lowest BCUT2D eigenvalue weighted by Gasteiger charge is -2.15. The van der Waals surface area contributed by atoms with Gasteiger partial charge in [0.05, 0.1) is 18.5 Å². The lowest BCUT2D eigenvalue weighted by atomic mass is 10.2. The van der Waals surface area contributed by atoms with Crippen LogP contribution in [0.15, 0.2) is 59.5 Å². The molecule has 0 aliphatic rings. The van der Waals surface area contributed by atoms with Crippen LogP contribution in [0.25, 0.3) is 16.6 Å². The molecule has 0 radical (unpaired) electrons. The fraction of sp³-hybridized carbons (Fsp3) is 0.167. The summed E-state index contributed by atoms with van der Waals surface area (Å²) in [5.74, 6) is -1.61. The highest BCUT2D eigenvalue weighted by molar-refractivity contribution is 6.31. The zero-order valence-corrected chi connectivity index (χ0v) is 18.3. The minimum atomic E-state index is -0.756. The maximum Gasteiger partial charge on any atom is 0.277 e.